The molecular weight excluding hydrogens is 350 g/mol. The van der Waals surface area contributed by atoms with Crippen molar-refractivity contribution < 1.29 is 9.59 Å². The quantitative estimate of drug-likeness (QED) is 0.566. The number of piperidine rings is 1. The van der Waals surface area contributed by atoms with Crippen molar-refractivity contribution in [2.75, 3.05) is 25.9 Å². The molecule has 1 saturated heterocycles. The molecule has 0 aromatic carbocycles. The van der Waals surface area contributed by atoms with E-state index in [9.17, 15) is 9.59 Å². The maximum Gasteiger partial charge on any atom is 0.341 e. The second kappa shape index (κ2) is 12.6. The third-order valence-corrected chi connectivity index (χ3v) is 5.00. The normalized spacial score (nSPS) is 17.0. The smallest absolute Gasteiger partial charge is 0.341 e. The van der Waals surface area contributed by atoms with Crippen molar-refractivity contribution in [3.05, 3.63) is 0 Å². The number of aliphatic imine (C=N–C) groups is 3. The third-order valence-electron chi connectivity index (χ3n) is 4.03. The SMILES string of the molecule is CCCC=NC(=NC)N1CCC(NC(=O)N=C(C)SCC(=O)CC)CC1. The van der Waals surface area contributed by atoms with Gasteiger partial charge in [-0.3, -0.25) is 9.79 Å². The molecule has 26 heavy (non-hydrogen) atoms. The van der Waals surface area contributed by atoms with Crippen molar-refractivity contribution in [2.24, 2.45) is 15.0 Å². The van der Waals surface area contributed by atoms with Gasteiger partial charge in [0.1, 0.15) is 5.78 Å². The molecule has 1 N–H and O–H groups in total. The van der Waals surface area contributed by atoms with Gasteiger partial charge in [0.15, 0.2) is 0 Å². The average Bonchev–Trinajstić information content (AvgIpc) is 2.64. The summed E-state index contributed by atoms with van der Waals surface area (Å²) in [5, 5.41) is 3.57. The number of guanidine groups is 1. The summed E-state index contributed by atoms with van der Waals surface area (Å²) in [5.74, 6) is 1.29. The van der Waals surface area contributed by atoms with Crippen LogP contribution >= 0.6 is 11.8 Å². The van der Waals surface area contributed by atoms with Crippen LogP contribution in [0.4, 0.5) is 4.79 Å². The molecule has 8 heteroatoms. The minimum atomic E-state index is -0.331. The Bertz CT molecular complexity index is 552. The molecule has 1 aliphatic rings. The van der Waals surface area contributed by atoms with E-state index < -0.39 is 0 Å². The summed E-state index contributed by atoms with van der Waals surface area (Å²) in [6.07, 6.45) is 6.11. The van der Waals surface area contributed by atoms with E-state index >= 15 is 0 Å². The summed E-state index contributed by atoms with van der Waals surface area (Å²) < 4.78 is 0. The first-order valence-corrected chi connectivity index (χ1v) is 10.2. The van der Waals surface area contributed by atoms with Gasteiger partial charge in [-0.05, 0) is 26.2 Å². The predicted octanol–water partition coefficient (Wildman–Crippen LogP) is 3.15. The van der Waals surface area contributed by atoms with E-state index in [1.165, 1.54) is 11.8 Å². The van der Waals surface area contributed by atoms with Crippen LogP contribution in [0.3, 0.4) is 0 Å². The number of carbonyl (C=O) groups excluding carboxylic acids is 2. The van der Waals surface area contributed by atoms with Crippen molar-refractivity contribution in [1.82, 2.24) is 10.2 Å². The number of hydrogen-bond donors (Lipinski definition) is 1. The maximum atomic E-state index is 12.0. The fourth-order valence-corrected chi connectivity index (χ4v) is 3.17. The minimum Gasteiger partial charge on any atom is -0.341 e. The molecule has 2 amide bonds. The summed E-state index contributed by atoms with van der Waals surface area (Å²) in [5.41, 5.74) is 0. The van der Waals surface area contributed by atoms with Crippen LogP contribution in [-0.2, 0) is 4.79 Å². The van der Waals surface area contributed by atoms with Gasteiger partial charge >= 0.3 is 6.03 Å². The van der Waals surface area contributed by atoms with Crippen molar-refractivity contribution in [3.8, 4) is 0 Å². The molecule has 7 nitrogen and oxygen atoms in total. The number of rotatable bonds is 6. The van der Waals surface area contributed by atoms with Crippen LogP contribution < -0.4 is 5.32 Å². The highest BCUT2D eigenvalue weighted by molar-refractivity contribution is 8.14. The van der Waals surface area contributed by atoms with E-state index in [2.05, 4.69) is 32.1 Å². The number of urea groups is 1. The first-order valence-electron chi connectivity index (χ1n) is 9.24. The number of amides is 2. The van der Waals surface area contributed by atoms with Gasteiger partial charge in [-0.1, -0.05) is 20.3 Å². The van der Waals surface area contributed by atoms with E-state index in [1.807, 2.05) is 13.1 Å². The highest BCUT2D eigenvalue weighted by atomic mass is 32.2. The van der Waals surface area contributed by atoms with Gasteiger partial charge in [-0.15, -0.1) is 11.8 Å². The van der Waals surface area contributed by atoms with E-state index in [1.54, 1.807) is 14.0 Å². The second-order valence-electron chi connectivity index (χ2n) is 6.15. The third kappa shape index (κ3) is 8.60. The Morgan fingerprint density at radius 2 is 1.96 bits per heavy atom. The molecule has 0 radical (unpaired) electrons. The van der Waals surface area contributed by atoms with Crippen LogP contribution in [0.15, 0.2) is 15.0 Å². The van der Waals surface area contributed by atoms with Gasteiger partial charge in [-0.25, -0.2) is 9.79 Å². The molecule has 0 unspecified atom stereocenters. The molecule has 0 atom stereocenters. The fourth-order valence-electron chi connectivity index (χ4n) is 2.45. The Hall–Kier alpha value is -1.70. The Kier molecular flexibility index (Phi) is 10.8. The molecule has 0 bridgehead atoms. The molecule has 0 aliphatic carbocycles. The van der Waals surface area contributed by atoms with Gasteiger partial charge in [0, 0.05) is 38.8 Å². The summed E-state index contributed by atoms with van der Waals surface area (Å²) in [4.78, 5) is 38.2. The molecule has 1 fully saturated rings. The molecule has 1 rings (SSSR count). The average molecular weight is 382 g/mol. The second-order valence-corrected chi connectivity index (χ2v) is 7.31. The lowest BCUT2D eigenvalue weighted by Crippen LogP contribution is -2.45. The molecular formula is C18H31N5O2S. The molecule has 0 aromatic heterocycles. The lowest BCUT2D eigenvalue weighted by Gasteiger charge is -2.32. The van der Waals surface area contributed by atoms with Crippen LogP contribution in [0, 0.1) is 0 Å². The number of unbranched alkanes of at least 4 members (excludes halogenated alkanes) is 1. The van der Waals surface area contributed by atoms with Gasteiger partial charge < -0.3 is 10.2 Å². The van der Waals surface area contributed by atoms with Crippen LogP contribution in [0.25, 0.3) is 0 Å². The fraction of sp³-hybridized carbons (Fsp3) is 0.722. The zero-order valence-electron chi connectivity index (χ0n) is 16.3. The summed E-state index contributed by atoms with van der Waals surface area (Å²) in [6.45, 7) is 7.33. The van der Waals surface area contributed by atoms with E-state index in [0.717, 1.165) is 44.7 Å². The molecule has 1 heterocycles. The zero-order chi connectivity index (χ0) is 19.4. The Morgan fingerprint density at radius 3 is 2.54 bits per heavy atom. The first-order chi connectivity index (χ1) is 12.5. The number of Topliss-reactive ketones (excluding diaryl/α,β-unsaturated/α-hetero) is 1. The standard InChI is InChI=1S/C18H31N5O2S/c1-5-7-10-20-17(19-4)23-11-8-15(9-12-23)22-18(25)21-14(3)26-13-16(24)6-2/h10,15H,5-9,11-13H2,1-4H3,(H,22,25). The van der Waals surface area contributed by atoms with Crippen LogP contribution in [0.1, 0.15) is 52.9 Å². The molecule has 0 spiro atoms. The summed E-state index contributed by atoms with van der Waals surface area (Å²) >= 11 is 1.32. The molecule has 146 valence electrons. The number of nitrogens with zero attached hydrogens (tertiary/aromatic N) is 4. The number of carbonyl (C=O) groups is 2. The predicted molar refractivity (Wildman–Crippen MR) is 111 cm³/mol. The van der Waals surface area contributed by atoms with E-state index in [-0.39, 0.29) is 17.9 Å². The topological polar surface area (TPSA) is 86.5 Å². The minimum absolute atomic E-state index is 0.107. The van der Waals surface area contributed by atoms with Gasteiger partial charge in [0.25, 0.3) is 0 Å². The lowest BCUT2D eigenvalue weighted by atomic mass is 10.1. The number of thioether (sulfide) groups is 1. The van der Waals surface area contributed by atoms with Crippen LogP contribution in [0.2, 0.25) is 0 Å². The van der Waals surface area contributed by atoms with E-state index in [4.69, 9.17) is 0 Å². The Morgan fingerprint density at radius 1 is 1.27 bits per heavy atom. The first kappa shape index (κ1) is 22.3. The van der Waals surface area contributed by atoms with Crippen molar-refractivity contribution >= 4 is 40.8 Å². The maximum absolute atomic E-state index is 12.0. The van der Waals surface area contributed by atoms with E-state index in [0.29, 0.717) is 17.2 Å². The number of hydrogen-bond acceptors (Lipinski definition) is 4. The number of ketones is 1. The highest BCUT2D eigenvalue weighted by Crippen LogP contribution is 2.12. The van der Waals surface area contributed by atoms with Crippen molar-refractivity contribution in [1.29, 1.82) is 0 Å². The van der Waals surface area contributed by atoms with Gasteiger partial charge in [0.05, 0.1) is 10.8 Å². The van der Waals surface area contributed by atoms with Gasteiger partial charge in [-0.2, -0.15) is 4.99 Å². The monoisotopic (exact) mass is 381 g/mol. The Labute approximate surface area is 160 Å². The molecule has 0 aromatic rings. The molecule has 0 saturated carbocycles. The van der Waals surface area contributed by atoms with Crippen LogP contribution in [0.5, 0.6) is 0 Å². The Balaban J connectivity index is 2.41. The molecule has 1 aliphatic heterocycles. The number of likely N-dealkylation sites (tertiary alicyclic amines) is 1. The van der Waals surface area contributed by atoms with Crippen molar-refractivity contribution in [3.63, 3.8) is 0 Å². The highest BCUT2D eigenvalue weighted by Gasteiger charge is 2.22. The lowest BCUT2D eigenvalue weighted by molar-refractivity contribution is -0.116. The van der Waals surface area contributed by atoms with Crippen LogP contribution in [-0.4, -0.2) is 65.9 Å². The summed E-state index contributed by atoms with van der Waals surface area (Å²) in [6, 6.07) is -0.224. The number of nitrogens with one attached hydrogen (secondary N) is 1. The van der Waals surface area contributed by atoms with Gasteiger partial charge in [0.2, 0.25) is 5.96 Å². The zero-order valence-corrected chi connectivity index (χ0v) is 17.1. The largest absolute Gasteiger partial charge is 0.341 e. The van der Waals surface area contributed by atoms with Crippen molar-refractivity contribution in [2.45, 2.75) is 58.9 Å². The summed E-state index contributed by atoms with van der Waals surface area (Å²) in [7, 11) is 1.75.